The maximum absolute atomic E-state index is 10.7. The summed E-state index contributed by atoms with van der Waals surface area (Å²) in [7, 11) is 0. The van der Waals surface area contributed by atoms with E-state index in [4.69, 9.17) is 0 Å². The standard InChI is InChI=1S/C14H21NO/c1-2-14(16,13-8-9-15-11-13)10-12-6-4-3-5-7-12/h3-7,13,15-16H,2,8-11H2,1H3. The summed E-state index contributed by atoms with van der Waals surface area (Å²) in [4.78, 5) is 0. The smallest absolute Gasteiger partial charge is 0.0725 e. The summed E-state index contributed by atoms with van der Waals surface area (Å²) in [6, 6.07) is 10.3. The molecule has 2 atom stereocenters. The van der Waals surface area contributed by atoms with Gasteiger partial charge in [-0.25, -0.2) is 0 Å². The highest BCUT2D eigenvalue weighted by Crippen LogP contribution is 2.30. The van der Waals surface area contributed by atoms with Crippen LogP contribution < -0.4 is 5.32 Å². The van der Waals surface area contributed by atoms with E-state index in [1.54, 1.807) is 0 Å². The summed E-state index contributed by atoms with van der Waals surface area (Å²) < 4.78 is 0. The van der Waals surface area contributed by atoms with Crippen molar-refractivity contribution in [1.29, 1.82) is 0 Å². The van der Waals surface area contributed by atoms with Gasteiger partial charge in [0.15, 0.2) is 0 Å². The van der Waals surface area contributed by atoms with E-state index in [1.807, 2.05) is 18.2 Å². The Bertz CT molecular complexity index is 319. The minimum atomic E-state index is -0.537. The van der Waals surface area contributed by atoms with E-state index in [0.717, 1.165) is 32.4 Å². The number of nitrogens with one attached hydrogen (secondary N) is 1. The predicted octanol–water partition coefficient (Wildman–Crippen LogP) is 1.98. The van der Waals surface area contributed by atoms with E-state index in [-0.39, 0.29) is 0 Å². The van der Waals surface area contributed by atoms with E-state index in [9.17, 15) is 5.11 Å². The largest absolute Gasteiger partial charge is 0.389 e. The van der Waals surface area contributed by atoms with Gasteiger partial charge >= 0.3 is 0 Å². The van der Waals surface area contributed by atoms with Gasteiger partial charge in [-0.05, 0) is 24.9 Å². The van der Waals surface area contributed by atoms with Crippen LogP contribution in [0.3, 0.4) is 0 Å². The van der Waals surface area contributed by atoms with Gasteiger partial charge in [0.2, 0.25) is 0 Å². The zero-order valence-corrected chi connectivity index (χ0v) is 9.95. The molecule has 1 aliphatic rings. The number of aliphatic hydroxyl groups is 1. The molecule has 1 heterocycles. The summed E-state index contributed by atoms with van der Waals surface area (Å²) in [5, 5.41) is 14.1. The van der Waals surface area contributed by atoms with E-state index in [1.165, 1.54) is 5.56 Å². The maximum atomic E-state index is 10.7. The Kier molecular flexibility index (Phi) is 3.62. The van der Waals surface area contributed by atoms with Crippen molar-refractivity contribution in [3.05, 3.63) is 35.9 Å². The third-order valence-electron chi connectivity index (χ3n) is 3.79. The summed E-state index contributed by atoms with van der Waals surface area (Å²) in [6.07, 6.45) is 2.70. The Morgan fingerprint density at radius 3 is 2.69 bits per heavy atom. The Morgan fingerprint density at radius 1 is 1.38 bits per heavy atom. The van der Waals surface area contributed by atoms with Crippen molar-refractivity contribution in [3.8, 4) is 0 Å². The fraction of sp³-hybridized carbons (Fsp3) is 0.571. The van der Waals surface area contributed by atoms with Crippen LogP contribution in [0, 0.1) is 5.92 Å². The number of hydrogen-bond acceptors (Lipinski definition) is 2. The van der Waals surface area contributed by atoms with E-state index in [0.29, 0.717) is 5.92 Å². The van der Waals surface area contributed by atoms with Crippen LogP contribution in [-0.2, 0) is 6.42 Å². The van der Waals surface area contributed by atoms with Gasteiger partial charge in [0.05, 0.1) is 5.60 Å². The van der Waals surface area contributed by atoms with Gasteiger partial charge in [-0.3, -0.25) is 0 Å². The third kappa shape index (κ3) is 2.45. The molecule has 0 aliphatic carbocycles. The van der Waals surface area contributed by atoms with Crippen LogP contribution in [-0.4, -0.2) is 23.8 Å². The Labute approximate surface area is 97.7 Å². The molecule has 0 radical (unpaired) electrons. The summed E-state index contributed by atoms with van der Waals surface area (Å²) in [5.41, 5.74) is 0.698. The highest BCUT2D eigenvalue weighted by molar-refractivity contribution is 5.17. The molecule has 1 fully saturated rings. The van der Waals surface area contributed by atoms with E-state index in [2.05, 4.69) is 24.4 Å². The van der Waals surface area contributed by atoms with Gasteiger partial charge in [-0.2, -0.15) is 0 Å². The Morgan fingerprint density at radius 2 is 2.12 bits per heavy atom. The fourth-order valence-electron chi connectivity index (χ4n) is 2.62. The second-order valence-corrected chi connectivity index (χ2v) is 4.81. The van der Waals surface area contributed by atoms with Gasteiger partial charge in [0, 0.05) is 18.9 Å². The molecule has 2 rings (SSSR count). The Balaban J connectivity index is 2.09. The van der Waals surface area contributed by atoms with Gasteiger partial charge in [0.25, 0.3) is 0 Å². The second kappa shape index (κ2) is 4.98. The molecule has 2 unspecified atom stereocenters. The molecule has 1 aromatic carbocycles. The van der Waals surface area contributed by atoms with Crippen LogP contribution in [0.4, 0.5) is 0 Å². The van der Waals surface area contributed by atoms with Gasteiger partial charge in [-0.15, -0.1) is 0 Å². The summed E-state index contributed by atoms with van der Waals surface area (Å²) in [5.74, 6) is 0.401. The predicted molar refractivity (Wildman–Crippen MR) is 66.4 cm³/mol. The number of hydrogen-bond donors (Lipinski definition) is 2. The van der Waals surface area contributed by atoms with E-state index < -0.39 is 5.60 Å². The lowest BCUT2D eigenvalue weighted by Gasteiger charge is -2.33. The fourth-order valence-corrected chi connectivity index (χ4v) is 2.62. The van der Waals surface area contributed by atoms with Crippen molar-refractivity contribution in [3.63, 3.8) is 0 Å². The maximum Gasteiger partial charge on any atom is 0.0725 e. The first-order chi connectivity index (χ1) is 7.74. The summed E-state index contributed by atoms with van der Waals surface area (Å²) >= 11 is 0. The monoisotopic (exact) mass is 219 g/mol. The minimum absolute atomic E-state index is 0.401. The van der Waals surface area contributed by atoms with Gasteiger partial charge < -0.3 is 10.4 Å². The topological polar surface area (TPSA) is 32.3 Å². The van der Waals surface area contributed by atoms with Crippen molar-refractivity contribution in [2.24, 2.45) is 5.92 Å². The molecule has 0 aromatic heterocycles. The van der Waals surface area contributed by atoms with Crippen LogP contribution in [0.15, 0.2) is 30.3 Å². The van der Waals surface area contributed by atoms with Crippen molar-refractivity contribution >= 4 is 0 Å². The molecule has 1 aromatic rings. The molecular weight excluding hydrogens is 198 g/mol. The molecule has 0 amide bonds. The van der Waals surface area contributed by atoms with Crippen LogP contribution in [0.1, 0.15) is 25.3 Å². The average Bonchev–Trinajstić information content (AvgIpc) is 2.84. The lowest BCUT2D eigenvalue weighted by atomic mass is 9.79. The highest BCUT2D eigenvalue weighted by Gasteiger charge is 2.36. The molecule has 0 bridgehead atoms. The molecule has 2 heteroatoms. The molecule has 88 valence electrons. The second-order valence-electron chi connectivity index (χ2n) is 4.81. The Hall–Kier alpha value is -0.860. The highest BCUT2D eigenvalue weighted by atomic mass is 16.3. The quantitative estimate of drug-likeness (QED) is 0.811. The van der Waals surface area contributed by atoms with Crippen molar-refractivity contribution in [2.45, 2.75) is 31.8 Å². The van der Waals surface area contributed by atoms with Crippen molar-refractivity contribution < 1.29 is 5.11 Å². The lowest BCUT2D eigenvalue weighted by Crippen LogP contribution is -2.40. The van der Waals surface area contributed by atoms with Crippen LogP contribution in [0.5, 0.6) is 0 Å². The molecule has 0 spiro atoms. The third-order valence-corrected chi connectivity index (χ3v) is 3.79. The first-order valence-electron chi connectivity index (χ1n) is 6.21. The number of benzene rings is 1. The zero-order valence-electron chi connectivity index (χ0n) is 9.95. The normalized spacial score (nSPS) is 24.2. The lowest BCUT2D eigenvalue weighted by molar-refractivity contribution is -0.0146. The molecule has 2 N–H and O–H groups in total. The van der Waals surface area contributed by atoms with Crippen molar-refractivity contribution in [1.82, 2.24) is 5.32 Å². The summed E-state index contributed by atoms with van der Waals surface area (Å²) in [6.45, 7) is 4.08. The van der Waals surface area contributed by atoms with Gasteiger partial charge in [-0.1, -0.05) is 37.3 Å². The minimum Gasteiger partial charge on any atom is -0.389 e. The molecule has 1 saturated heterocycles. The SMILES string of the molecule is CCC(O)(Cc1ccccc1)C1CCNC1. The zero-order chi connectivity index (χ0) is 11.4. The molecule has 16 heavy (non-hydrogen) atoms. The van der Waals surface area contributed by atoms with Crippen molar-refractivity contribution in [2.75, 3.05) is 13.1 Å². The van der Waals surface area contributed by atoms with Gasteiger partial charge in [0.1, 0.15) is 0 Å². The first kappa shape index (κ1) is 11.6. The molecule has 1 aliphatic heterocycles. The first-order valence-corrected chi connectivity index (χ1v) is 6.21. The number of rotatable bonds is 4. The average molecular weight is 219 g/mol. The van der Waals surface area contributed by atoms with Crippen LogP contribution >= 0.6 is 0 Å². The van der Waals surface area contributed by atoms with Crippen LogP contribution in [0.2, 0.25) is 0 Å². The van der Waals surface area contributed by atoms with E-state index >= 15 is 0 Å². The molecule has 0 saturated carbocycles. The molecule has 2 nitrogen and oxygen atoms in total. The molecular formula is C14H21NO. The van der Waals surface area contributed by atoms with Crippen LogP contribution in [0.25, 0.3) is 0 Å².